The van der Waals surface area contributed by atoms with Gasteiger partial charge in [-0.1, -0.05) is 26.7 Å². The Labute approximate surface area is 123 Å². The summed E-state index contributed by atoms with van der Waals surface area (Å²) < 4.78 is 5.65. The minimum Gasteiger partial charge on any atom is -0.396 e. The SMILES string of the molecule is CC(C)CC(C)OCC(O)CNCC1(CO)CCCC1. The highest BCUT2D eigenvalue weighted by Gasteiger charge is 2.32. The highest BCUT2D eigenvalue weighted by molar-refractivity contribution is 4.86. The monoisotopic (exact) mass is 287 g/mol. The quantitative estimate of drug-likeness (QED) is 0.575. The third kappa shape index (κ3) is 6.53. The van der Waals surface area contributed by atoms with Gasteiger partial charge in [-0.25, -0.2) is 0 Å². The molecule has 1 aliphatic carbocycles. The van der Waals surface area contributed by atoms with E-state index < -0.39 is 6.10 Å². The fourth-order valence-corrected chi connectivity index (χ4v) is 3.09. The van der Waals surface area contributed by atoms with Crippen molar-refractivity contribution >= 4 is 0 Å². The van der Waals surface area contributed by atoms with Crippen molar-refractivity contribution < 1.29 is 14.9 Å². The van der Waals surface area contributed by atoms with Crippen molar-refractivity contribution in [1.82, 2.24) is 5.32 Å². The molecule has 4 heteroatoms. The lowest BCUT2D eigenvalue weighted by atomic mass is 9.87. The van der Waals surface area contributed by atoms with Crippen molar-refractivity contribution in [3.05, 3.63) is 0 Å². The number of rotatable bonds is 10. The highest BCUT2D eigenvalue weighted by Crippen LogP contribution is 2.36. The first-order chi connectivity index (χ1) is 9.47. The topological polar surface area (TPSA) is 61.7 Å². The Balaban J connectivity index is 2.12. The molecule has 0 heterocycles. The zero-order chi connectivity index (χ0) is 15.0. The number of aliphatic hydroxyl groups excluding tert-OH is 2. The van der Waals surface area contributed by atoms with Crippen LogP contribution in [0.2, 0.25) is 0 Å². The lowest BCUT2D eigenvalue weighted by Crippen LogP contribution is -2.40. The predicted octanol–water partition coefficient (Wildman–Crippen LogP) is 1.94. The Morgan fingerprint density at radius 2 is 1.85 bits per heavy atom. The van der Waals surface area contributed by atoms with E-state index in [-0.39, 0.29) is 18.1 Å². The number of ether oxygens (including phenoxy) is 1. The van der Waals surface area contributed by atoms with Gasteiger partial charge in [0.1, 0.15) is 0 Å². The first kappa shape index (κ1) is 17.9. The van der Waals surface area contributed by atoms with Gasteiger partial charge in [-0.15, -0.1) is 0 Å². The van der Waals surface area contributed by atoms with E-state index in [1.54, 1.807) is 0 Å². The summed E-state index contributed by atoms with van der Waals surface area (Å²) in [6.45, 7) is 8.37. The Morgan fingerprint density at radius 3 is 2.40 bits per heavy atom. The molecule has 0 aromatic carbocycles. The summed E-state index contributed by atoms with van der Waals surface area (Å²) in [4.78, 5) is 0. The molecule has 0 bridgehead atoms. The average Bonchev–Trinajstić information content (AvgIpc) is 2.85. The smallest absolute Gasteiger partial charge is 0.0897 e. The van der Waals surface area contributed by atoms with Crippen molar-refractivity contribution in [2.45, 2.75) is 65.1 Å². The van der Waals surface area contributed by atoms with Crippen LogP contribution in [0.1, 0.15) is 52.9 Å². The van der Waals surface area contributed by atoms with Gasteiger partial charge >= 0.3 is 0 Å². The minimum atomic E-state index is -0.471. The zero-order valence-electron chi connectivity index (χ0n) is 13.4. The summed E-state index contributed by atoms with van der Waals surface area (Å²) in [6, 6.07) is 0. The summed E-state index contributed by atoms with van der Waals surface area (Å²) in [5.41, 5.74) is 0.0471. The van der Waals surface area contributed by atoms with E-state index in [0.717, 1.165) is 25.8 Å². The van der Waals surface area contributed by atoms with Crippen molar-refractivity contribution in [2.24, 2.45) is 11.3 Å². The van der Waals surface area contributed by atoms with Gasteiger partial charge in [0, 0.05) is 25.1 Å². The maximum absolute atomic E-state index is 9.91. The van der Waals surface area contributed by atoms with Crippen molar-refractivity contribution in [3.63, 3.8) is 0 Å². The lowest BCUT2D eigenvalue weighted by molar-refractivity contribution is -0.00972. The van der Waals surface area contributed by atoms with Gasteiger partial charge in [-0.3, -0.25) is 0 Å². The van der Waals surface area contributed by atoms with Gasteiger partial charge in [0.25, 0.3) is 0 Å². The molecule has 0 aromatic rings. The molecule has 0 radical (unpaired) electrons. The molecule has 4 nitrogen and oxygen atoms in total. The molecule has 1 aliphatic rings. The van der Waals surface area contributed by atoms with E-state index in [1.165, 1.54) is 12.8 Å². The van der Waals surface area contributed by atoms with Crippen LogP contribution in [0.25, 0.3) is 0 Å². The Kier molecular flexibility index (Phi) is 8.03. The number of hydrogen-bond donors (Lipinski definition) is 3. The average molecular weight is 287 g/mol. The fourth-order valence-electron chi connectivity index (χ4n) is 3.09. The maximum atomic E-state index is 9.91. The zero-order valence-corrected chi connectivity index (χ0v) is 13.4. The third-order valence-electron chi connectivity index (χ3n) is 4.26. The number of hydrogen-bond acceptors (Lipinski definition) is 4. The van der Waals surface area contributed by atoms with Gasteiger partial charge in [-0.05, 0) is 32.1 Å². The van der Waals surface area contributed by atoms with Gasteiger partial charge in [0.05, 0.1) is 18.8 Å². The molecular weight excluding hydrogens is 254 g/mol. The largest absolute Gasteiger partial charge is 0.396 e. The Hall–Kier alpha value is -0.160. The van der Waals surface area contributed by atoms with Crippen LogP contribution in [0.3, 0.4) is 0 Å². The Bertz CT molecular complexity index is 252. The molecule has 0 saturated heterocycles. The second-order valence-electron chi connectivity index (χ2n) is 6.92. The molecule has 0 aliphatic heterocycles. The minimum absolute atomic E-state index is 0.0471. The molecular formula is C16H33NO3. The van der Waals surface area contributed by atoms with E-state index in [4.69, 9.17) is 4.74 Å². The van der Waals surface area contributed by atoms with Crippen LogP contribution >= 0.6 is 0 Å². The standard InChI is InChI=1S/C16H33NO3/c1-13(2)8-14(3)20-10-15(19)9-17-11-16(12-18)6-4-5-7-16/h13-15,17-19H,4-12H2,1-3H3. The molecule has 0 aromatic heterocycles. The molecule has 20 heavy (non-hydrogen) atoms. The van der Waals surface area contributed by atoms with Crippen LogP contribution in [0, 0.1) is 11.3 Å². The molecule has 0 amide bonds. The second kappa shape index (κ2) is 8.98. The summed E-state index contributed by atoms with van der Waals surface area (Å²) in [7, 11) is 0. The molecule has 0 spiro atoms. The second-order valence-corrected chi connectivity index (χ2v) is 6.92. The fraction of sp³-hybridized carbons (Fsp3) is 1.00. The normalized spacial score (nSPS) is 21.3. The van der Waals surface area contributed by atoms with Gasteiger partial charge < -0.3 is 20.3 Å². The molecule has 2 atom stereocenters. The Morgan fingerprint density at radius 1 is 1.20 bits per heavy atom. The number of nitrogens with one attached hydrogen (secondary N) is 1. The van der Waals surface area contributed by atoms with Crippen LogP contribution in [-0.4, -0.2) is 48.7 Å². The van der Waals surface area contributed by atoms with E-state index in [0.29, 0.717) is 19.1 Å². The van der Waals surface area contributed by atoms with E-state index in [2.05, 4.69) is 26.1 Å². The van der Waals surface area contributed by atoms with E-state index in [9.17, 15) is 10.2 Å². The first-order valence-corrected chi connectivity index (χ1v) is 8.09. The summed E-state index contributed by atoms with van der Waals surface area (Å²) in [5.74, 6) is 0.618. The van der Waals surface area contributed by atoms with E-state index >= 15 is 0 Å². The van der Waals surface area contributed by atoms with Gasteiger partial charge in [0.2, 0.25) is 0 Å². The molecule has 120 valence electrons. The predicted molar refractivity (Wildman–Crippen MR) is 81.7 cm³/mol. The van der Waals surface area contributed by atoms with Crippen LogP contribution in [-0.2, 0) is 4.74 Å². The summed E-state index contributed by atoms with van der Waals surface area (Å²) in [6.07, 6.45) is 5.35. The number of aliphatic hydroxyl groups is 2. The van der Waals surface area contributed by atoms with Crippen LogP contribution in [0.4, 0.5) is 0 Å². The van der Waals surface area contributed by atoms with Crippen LogP contribution in [0.15, 0.2) is 0 Å². The van der Waals surface area contributed by atoms with Crippen molar-refractivity contribution in [2.75, 3.05) is 26.3 Å². The van der Waals surface area contributed by atoms with Crippen molar-refractivity contribution in [1.29, 1.82) is 0 Å². The van der Waals surface area contributed by atoms with Gasteiger partial charge in [0.15, 0.2) is 0 Å². The summed E-state index contributed by atoms with van der Waals surface area (Å²) >= 11 is 0. The van der Waals surface area contributed by atoms with Gasteiger partial charge in [-0.2, -0.15) is 0 Å². The van der Waals surface area contributed by atoms with E-state index in [1.807, 2.05) is 0 Å². The summed E-state index contributed by atoms with van der Waals surface area (Å²) in [5, 5.41) is 22.7. The molecule has 1 fully saturated rings. The molecule has 1 saturated carbocycles. The third-order valence-corrected chi connectivity index (χ3v) is 4.26. The first-order valence-electron chi connectivity index (χ1n) is 8.09. The molecule has 3 N–H and O–H groups in total. The maximum Gasteiger partial charge on any atom is 0.0897 e. The van der Waals surface area contributed by atoms with Crippen LogP contribution in [0.5, 0.6) is 0 Å². The van der Waals surface area contributed by atoms with Crippen LogP contribution < -0.4 is 5.32 Å². The molecule has 2 unspecified atom stereocenters. The lowest BCUT2D eigenvalue weighted by Gasteiger charge is -2.27. The highest BCUT2D eigenvalue weighted by atomic mass is 16.5. The van der Waals surface area contributed by atoms with Crippen molar-refractivity contribution in [3.8, 4) is 0 Å². The molecule has 1 rings (SSSR count).